The minimum atomic E-state index is 0.664. The molecule has 0 saturated heterocycles. The van der Waals surface area contributed by atoms with Gasteiger partial charge in [0.05, 0.1) is 0 Å². The lowest BCUT2D eigenvalue weighted by molar-refractivity contribution is 0.549. The Morgan fingerprint density at radius 3 is 2.67 bits per heavy atom. The van der Waals surface area contributed by atoms with Crippen molar-refractivity contribution in [3.05, 3.63) is 53.2 Å². The van der Waals surface area contributed by atoms with E-state index in [9.17, 15) is 0 Å². The van der Waals surface area contributed by atoms with Gasteiger partial charge in [-0.1, -0.05) is 37.7 Å². The van der Waals surface area contributed by atoms with Gasteiger partial charge in [-0.2, -0.15) is 0 Å². The predicted octanol–water partition coefficient (Wildman–Crippen LogP) is 4.60. The zero-order valence-electron chi connectivity index (χ0n) is 13.3. The first-order chi connectivity index (χ1) is 10.1. The van der Waals surface area contributed by atoms with Crippen LogP contribution >= 0.6 is 11.8 Å². The molecule has 0 aliphatic carbocycles. The van der Waals surface area contributed by atoms with Gasteiger partial charge in [0.1, 0.15) is 5.03 Å². The van der Waals surface area contributed by atoms with Crippen molar-refractivity contribution in [1.29, 1.82) is 0 Å². The lowest BCUT2D eigenvalue weighted by Gasteiger charge is -2.11. The number of hydrogen-bond acceptors (Lipinski definition) is 3. The van der Waals surface area contributed by atoms with Crippen LogP contribution < -0.4 is 5.32 Å². The molecule has 0 aliphatic rings. The van der Waals surface area contributed by atoms with Crippen LogP contribution in [0.15, 0.2) is 46.5 Å². The van der Waals surface area contributed by atoms with Crippen LogP contribution in [0.3, 0.4) is 0 Å². The van der Waals surface area contributed by atoms with Crippen molar-refractivity contribution in [2.24, 2.45) is 5.92 Å². The molecule has 0 bridgehead atoms. The number of nitrogens with zero attached hydrogens (tertiary/aromatic N) is 1. The van der Waals surface area contributed by atoms with E-state index in [0.29, 0.717) is 5.92 Å². The topological polar surface area (TPSA) is 24.9 Å². The fourth-order valence-electron chi connectivity index (χ4n) is 2.04. The van der Waals surface area contributed by atoms with Crippen LogP contribution in [0, 0.1) is 19.8 Å². The Morgan fingerprint density at radius 1 is 1.14 bits per heavy atom. The Hall–Kier alpha value is -1.32. The molecular weight excluding hydrogens is 276 g/mol. The molecule has 112 valence electrons. The van der Waals surface area contributed by atoms with Crippen molar-refractivity contribution in [3.63, 3.8) is 0 Å². The Balaban J connectivity index is 2.10. The van der Waals surface area contributed by atoms with E-state index in [2.05, 4.69) is 62.3 Å². The molecule has 1 aromatic heterocycles. The molecule has 2 aromatic rings. The number of benzene rings is 1. The van der Waals surface area contributed by atoms with E-state index in [4.69, 9.17) is 0 Å². The number of aryl methyl sites for hydroxylation is 2. The number of pyridine rings is 1. The molecule has 1 heterocycles. The minimum absolute atomic E-state index is 0.664. The van der Waals surface area contributed by atoms with Crippen LogP contribution in [0.5, 0.6) is 0 Å². The zero-order valence-corrected chi connectivity index (χ0v) is 14.1. The van der Waals surface area contributed by atoms with Gasteiger partial charge < -0.3 is 5.32 Å². The fraction of sp³-hybridized carbons (Fsp3) is 0.389. The Bertz CT molecular complexity index is 594. The SMILES string of the molecule is Cc1ccc(Sc2ncccc2CNCC(C)C)cc1C. The summed E-state index contributed by atoms with van der Waals surface area (Å²) < 4.78 is 0. The number of nitrogens with one attached hydrogen (secondary N) is 1. The van der Waals surface area contributed by atoms with Crippen LogP contribution in [0.4, 0.5) is 0 Å². The molecule has 0 unspecified atom stereocenters. The van der Waals surface area contributed by atoms with E-state index in [1.807, 2.05) is 12.3 Å². The van der Waals surface area contributed by atoms with Gasteiger partial charge in [0.25, 0.3) is 0 Å². The third-order valence-electron chi connectivity index (χ3n) is 3.41. The third kappa shape index (κ3) is 4.87. The van der Waals surface area contributed by atoms with Crippen molar-refractivity contribution in [3.8, 4) is 0 Å². The molecule has 21 heavy (non-hydrogen) atoms. The average Bonchev–Trinajstić information content (AvgIpc) is 2.44. The highest BCUT2D eigenvalue weighted by molar-refractivity contribution is 7.99. The van der Waals surface area contributed by atoms with Gasteiger partial charge in [-0.25, -0.2) is 4.98 Å². The molecule has 0 spiro atoms. The van der Waals surface area contributed by atoms with Gasteiger partial charge >= 0.3 is 0 Å². The van der Waals surface area contributed by atoms with Crippen molar-refractivity contribution >= 4 is 11.8 Å². The molecule has 0 amide bonds. The molecule has 2 nitrogen and oxygen atoms in total. The molecule has 0 aliphatic heterocycles. The largest absolute Gasteiger partial charge is 0.312 e. The van der Waals surface area contributed by atoms with Crippen molar-refractivity contribution in [2.45, 2.75) is 44.2 Å². The van der Waals surface area contributed by atoms with Crippen molar-refractivity contribution < 1.29 is 0 Å². The highest BCUT2D eigenvalue weighted by Crippen LogP contribution is 2.29. The molecule has 2 rings (SSSR count). The standard InChI is InChI=1S/C18H24N2S/c1-13(2)11-19-12-16-6-5-9-20-18(16)21-17-8-7-14(3)15(4)10-17/h5-10,13,19H,11-12H2,1-4H3. The summed E-state index contributed by atoms with van der Waals surface area (Å²) in [4.78, 5) is 5.80. The second-order valence-corrected chi connectivity index (χ2v) is 6.90. The first-order valence-electron chi connectivity index (χ1n) is 7.46. The highest BCUT2D eigenvalue weighted by Gasteiger charge is 2.06. The monoisotopic (exact) mass is 300 g/mol. The van der Waals surface area contributed by atoms with Gasteiger partial charge in [-0.15, -0.1) is 0 Å². The fourth-order valence-corrected chi connectivity index (χ4v) is 3.02. The lowest BCUT2D eigenvalue weighted by atomic mass is 10.1. The third-order valence-corrected chi connectivity index (χ3v) is 4.46. The maximum absolute atomic E-state index is 4.55. The van der Waals surface area contributed by atoms with Crippen LogP contribution in [-0.2, 0) is 6.54 Å². The number of hydrogen-bond donors (Lipinski definition) is 1. The van der Waals surface area contributed by atoms with Crippen LogP contribution in [0.2, 0.25) is 0 Å². The second-order valence-electron chi connectivity index (χ2n) is 5.84. The second kappa shape index (κ2) is 7.62. The van der Waals surface area contributed by atoms with Crippen LogP contribution in [0.1, 0.15) is 30.5 Å². The molecule has 3 heteroatoms. The maximum Gasteiger partial charge on any atom is 0.105 e. The molecule has 1 N–H and O–H groups in total. The maximum atomic E-state index is 4.55. The Kier molecular flexibility index (Phi) is 5.83. The molecule has 0 fully saturated rings. The number of aromatic nitrogens is 1. The Morgan fingerprint density at radius 2 is 1.95 bits per heavy atom. The summed E-state index contributed by atoms with van der Waals surface area (Å²) >= 11 is 1.74. The van der Waals surface area contributed by atoms with E-state index in [1.54, 1.807) is 11.8 Å². The van der Waals surface area contributed by atoms with Crippen molar-refractivity contribution in [1.82, 2.24) is 10.3 Å². The first kappa shape index (κ1) is 16.1. The van der Waals surface area contributed by atoms with Crippen molar-refractivity contribution in [2.75, 3.05) is 6.54 Å². The summed E-state index contributed by atoms with van der Waals surface area (Å²) in [5, 5.41) is 4.59. The van der Waals surface area contributed by atoms with E-state index >= 15 is 0 Å². The zero-order chi connectivity index (χ0) is 15.2. The van der Waals surface area contributed by atoms with Crippen LogP contribution in [-0.4, -0.2) is 11.5 Å². The molecule has 0 radical (unpaired) electrons. The molecule has 0 saturated carbocycles. The summed E-state index contributed by atoms with van der Waals surface area (Å²) in [5.74, 6) is 0.664. The highest BCUT2D eigenvalue weighted by atomic mass is 32.2. The van der Waals surface area contributed by atoms with E-state index in [1.165, 1.54) is 21.6 Å². The molecule has 0 atom stereocenters. The quantitative estimate of drug-likeness (QED) is 0.844. The summed E-state index contributed by atoms with van der Waals surface area (Å²) in [6.07, 6.45) is 1.87. The molecule has 1 aromatic carbocycles. The van der Waals surface area contributed by atoms with E-state index < -0.39 is 0 Å². The smallest absolute Gasteiger partial charge is 0.105 e. The first-order valence-corrected chi connectivity index (χ1v) is 8.27. The lowest BCUT2D eigenvalue weighted by Crippen LogP contribution is -2.19. The summed E-state index contributed by atoms with van der Waals surface area (Å²) in [5.41, 5.74) is 3.93. The van der Waals surface area contributed by atoms with Gasteiger partial charge in [-0.3, -0.25) is 0 Å². The minimum Gasteiger partial charge on any atom is -0.312 e. The number of rotatable bonds is 6. The summed E-state index contributed by atoms with van der Waals surface area (Å²) in [6.45, 7) is 10.7. The van der Waals surface area contributed by atoms with Gasteiger partial charge in [0.15, 0.2) is 0 Å². The summed E-state index contributed by atoms with van der Waals surface area (Å²) in [7, 11) is 0. The molecular formula is C18H24N2S. The van der Waals surface area contributed by atoms with Gasteiger partial charge in [0, 0.05) is 17.6 Å². The summed E-state index contributed by atoms with van der Waals surface area (Å²) in [6, 6.07) is 10.8. The van der Waals surface area contributed by atoms with Crippen LogP contribution in [0.25, 0.3) is 0 Å². The predicted molar refractivity (Wildman–Crippen MR) is 90.8 cm³/mol. The average molecular weight is 300 g/mol. The van der Waals surface area contributed by atoms with Gasteiger partial charge in [0.2, 0.25) is 0 Å². The Labute approximate surface area is 132 Å². The van der Waals surface area contributed by atoms with E-state index in [0.717, 1.165) is 18.1 Å². The van der Waals surface area contributed by atoms with Gasteiger partial charge in [-0.05, 0) is 61.2 Å². The van der Waals surface area contributed by atoms with E-state index in [-0.39, 0.29) is 0 Å². The normalized spacial score (nSPS) is 11.1.